The minimum Gasteiger partial charge on any atom is -0.378 e. The molecule has 5 nitrogen and oxygen atoms in total. The minimum atomic E-state index is -3.72. The van der Waals surface area contributed by atoms with Crippen LogP contribution in [0.3, 0.4) is 0 Å². The van der Waals surface area contributed by atoms with Crippen LogP contribution >= 0.6 is 23.2 Å². The van der Waals surface area contributed by atoms with Crippen LogP contribution in [0.15, 0.2) is 46.4 Å². The average molecular weight is 372 g/mol. The molecule has 0 saturated carbocycles. The van der Waals surface area contributed by atoms with Crippen LogP contribution in [0.1, 0.15) is 5.56 Å². The van der Waals surface area contributed by atoms with Gasteiger partial charge in [0, 0.05) is 29.8 Å². The summed E-state index contributed by atoms with van der Waals surface area (Å²) in [6.45, 7) is 0. The van der Waals surface area contributed by atoms with E-state index in [1.54, 1.807) is 37.2 Å². The monoisotopic (exact) mass is 371 g/mol. The fourth-order valence-electron chi connectivity index (χ4n) is 2.04. The number of benzene rings is 2. The number of halogens is 2. The summed E-state index contributed by atoms with van der Waals surface area (Å²) in [5, 5.41) is 4.04. The Hall–Kier alpha value is -1.63. The molecule has 23 heavy (non-hydrogen) atoms. The molecule has 0 fully saturated rings. The molecular weight excluding hydrogens is 357 g/mol. The molecule has 8 heteroatoms. The normalized spacial score (nSPS) is 11.3. The summed E-state index contributed by atoms with van der Waals surface area (Å²) in [5.41, 5.74) is 8.45. The lowest BCUT2D eigenvalue weighted by atomic mass is 10.2. The Balaban J connectivity index is 2.50. The topological polar surface area (TPSA) is 73.6 Å². The predicted molar refractivity (Wildman–Crippen MR) is 92.9 cm³/mol. The first-order valence-corrected chi connectivity index (χ1v) is 9.01. The average Bonchev–Trinajstić information content (AvgIpc) is 2.49. The van der Waals surface area contributed by atoms with Gasteiger partial charge in [0.2, 0.25) is 0 Å². The van der Waals surface area contributed by atoms with E-state index in [2.05, 4.69) is 5.11 Å². The zero-order chi connectivity index (χ0) is 17.2. The number of nitrogens with one attached hydrogen (secondary N) is 1. The summed E-state index contributed by atoms with van der Waals surface area (Å²) < 4.78 is 25.5. The van der Waals surface area contributed by atoms with Crippen LogP contribution < -0.4 is 4.90 Å². The van der Waals surface area contributed by atoms with Crippen molar-refractivity contribution in [3.05, 3.63) is 52.0 Å². The highest BCUT2D eigenvalue weighted by molar-refractivity contribution is 7.90. The molecule has 0 unspecified atom stereocenters. The lowest BCUT2D eigenvalue weighted by Gasteiger charge is -2.15. The van der Waals surface area contributed by atoms with Crippen LogP contribution in [0.4, 0.5) is 11.4 Å². The van der Waals surface area contributed by atoms with Crippen molar-refractivity contribution in [2.45, 2.75) is 10.6 Å². The van der Waals surface area contributed by atoms with Crippen molar-refractivity contribution in [3.8, 4) is 0 Å². The molecule has 0 radical (unpaired) electrons. The summed E-state index contributed by atoms with van der Waals surface area (Å²) in [6, 6.07) is 9.40. The van der Waals surface area contributed by atoms with Gasteiger partial charge in [-0.25, -0.2) is 13.9 Å². The van der Waals surface area contributed by atoms with Crippen molar-refractivity contribution < 1.29 is 8.42 Å². The van der Waals surface area contributed by atoms with Crippen molar-refractivity contribution in [2.75, 3.05) is 19.0 Å². The molecule has 2 rings (SSSR count). The Morgan fingerprint density at radius 2 is 1.83 bits per heavy atom. The van der Waals surface area contributed by atoms with Gasteiger partial charge in [-0.05, 0) is 35.9 Å². The van der Waals surface area contributed by atoms with Gasteiger partial charge < -0.3 is 4.90 Å². The SMILES string of the molecule is CN(C)c1ccc(N=N)c(S(=O)(=O)Cc2ccc(Cl)cc2Cl)c1. The fraction of sp³-hybridized carbons (Fsp3) is 0.200. The van der Waals surface area contributed by atoms with E-state index in [4.69, 9.17) is 28.7 Å². The molecule has 2 aromatic carbocycles. The molecule has 122 valence electrons. The van der Waals surface area contributed by atoms with E-state index in [0.717, 1.165) is 0 Å². The lowest BCUT2D eigenvalue weighted by Crippen LogP contribution is -2.11. The second-order valence-corrected chi connectivity index (χ2v) is 7.95. The van der Waals surface area contributed by atoms with E-state index in [9.17, 15) is 8.42 Å². The Labute approximate surface area is 145 Å². The molecule has 0 atom stereocenters. The summed E-state index contributed by atoms with van der Waals surface area (Å²) in [4.78, 5) is 1.78. The molecule has 0 bridgehead atoms. The van der Waals surface area contributed by atoms with Crippen LogP contribution in [-0.2, 0) is 15.6 Å². The van der Waals surface area contributed by atoms with E-state index in [1.165, 1.54) is 18.2 Å². The van der Waals surface area contributed by atoms with Crippen LogP contribution in [0.25, 0.3) is 0 Å². The van der Waals surface area contributed by atoms with Crippen LogP contribution in [0.2, 0.25) is 10.0 Å². The maximum absolute atomic E-state index is 12.7. The van der Waals surface area contributed by atoms with E-state index < -0.39 is 9.84 Å². The third-order valence-corrected chi connectivity index (χ3v) is 5.55. The molecule has 0 aliphatic rings. The molecule has 0 aliphatic carbocycles. The number of rotatable bonds is 5. The number of sulfone groups is 1. The molecule has 0 heterocycles. The zero-order valence-electron chi connectivity index (χ0n) is 12.5. The minimum absolute atomic E-state index is 0.00437. The van der Waals surface area contributed by atoms with E-state index in [1.807, 2.05) is 0 Å². The third-order valence-electron chi connectivity index (χ3n) is 3.28. The van der Waals surface area contributed by atoms with Gasteiger partial charge in [-0.2, -0.15) is 5.11 Å². The van der Waals surface area contributed by atoms with Crippen LogP contribution in [0.5, 0.6) is 0 Å². The highest BCUT2D eigenvalue weighted by atomic mass is 35.5. The van der Waals surface area contributed by atoms with Crippen molar-refractivity contribution in [1.82, 2.24) is 0 Å². The molecular formula is C15H15Cl2N3O2S. The fourth-order valence-corrected chi connectivity index (χ4v) is 4.15. The van der Waals surface area contributed by atoms with E-state index in [-0.39, 0.29) is 21.4 Å². The smallest absolute Gasteiger partial charge is 0.184 e. The molecule has 2 aromatic rings. The highest BCUT2D eigenvalue weighted by Crippen LogP contribution is 2.32. The third kappa shape index (κ3) is 4.02. The second kappa shape index (κ2) is 6.86. The first-order chi connectivity index (χ1) is 10.7. The maximum atomic E-state index is 12.7. The second-order valence-electron chi connectivity index (χ2n) is 5.15. The Bertz CT molecular complexity index is 852. The van der Waals surface area contributed by atoms with Gasteiger partial charge in [0.15, 0.2) is 9.84 Å². The van der Waals surface area contributed by atoms with Crippen molar-refractivity contribution in [1.29, 1.82) is 5.53 Å². The summed E-state index contributed by atoms with van der Waals surface area (Å²) in [6.07, 6.45) is 0. The molecule has 1 N–H and O–H groups in total. The Kier molecular flexibility index (Phi) is 5.29. The summed E-state index contributed by atoms with van der Waals surface area (Å²) >= 11 is 11.9. The van der Waals surface area contributed by atoms with Gasteiger partial charge in [0.05, 0.1) is 10.6 Å². The zero-order valence-corrected chi connectivity index (χ0v) is 14.9. The molecule has 0 aliphatic heterocycles. The van der Waals surface area contributed by atoms with E-state index >= 15 is 0 Å². The largest absolute Gasteiger partial charge is 0.378 e. The van der Waals surface area contributed by atoms with Crippen molar-refractivity contribution in [3.63, 3.8) is 0 Å². The van der Waals surface area contributed by atoms with Gasteiger partial charge in [0.1, 0.15) is 5.69 Å². The lowest BCUT2D eigenvalue weighted by molar-refractivity contribution is 0.595. The first kappa shape index (κ1) is 17.7. The predicted octanol–water partition coefficient (Wildman–Crippen LogP) is 4.70. The maximum Gasteiger partial charge on any atom is 0.184 e. The van der Waals surface area contributed by atoms with Crippen LogP contribution in [0, 0.1) is 5.53 Å². The van der Waals surface area contributed by atoms with Crippen molar-refractivity contribution >= 4 is 44.4 Å². The highest BCUT2D eigenvalue weighted by Gasteiger charge is 2.22. The standard InChI is InChI=1S/C15H15Cl2N3O2S/c1-20(2)12-5-6-14(19-18)15(8-12)23(21,22)9-10-3-4-11(16)7-13(10)17/h3-8,18H,9H2,1-2H3. The van der Waals surface area contributed by atoms with Crippen molar-refractivity contribution in [2.24, 2.45) is 5.11 Å². The molecule has 0 saturated heterocycles. The summed E-state index contributed by atoms with van der Waals surface area (Å²) in [7, 11) is -0.106. The number of hydrogen-bond acceptors (Lipinski definition) is 5. The summed E-state index contributed by atoms with van der Waals surface area (Å²) in [5.74, 6) is -0.289. The van der Waals surface area contributed by atoms with E-state index in [0.29, 0.717) is 16.3 Å². The number of hydrogen-bond donors (Lipinski definition) is 1. The molecule has 0 aromatic heterocycles. The molecule has 0 amide bonds. The number of anilines is 1. The van der Waals surface area contributed by atoms with Gasteiger partial charge in [-0.1, -0.05) is 29.3 Å². The first-order valence-electron chi connectivity index (χ1n) is 6.60. The Morgan fingerprint density at radius 3 is 2.39 bits per heavy atom. The van der Waals surface area contributed by atoms with Gasteiger partial charge in [-0.3, -0.25) is 0 Å². The van der Waals surface area contributed by atoms with Gasteiger partial charge >= 0.3 is 0 Å². The Morgan fingerprint density at radius 1 is 1.13 bits per heavy atom. The quantitative estimate of drug-likeness (QED) is 0.774. The van der Waals surface area contributed by atoms with Crippen LogP contribution in [-0.4, -0.2) is 22.5 Å². The molecule has 0 spiro atoms. The number of nitrogens with zero attached hydrogens (tertiary/aromatic N) is 2. The van der Waals surface area contributed by atoms with Gasteiger partial charge in [-0.15, -0.1) is 0 Å². The van der Waals surface area contributed by atoms with Gasteiger partial charge in [0.25, 0.3) is 0 Å².